The molecule has 2 aromatic rings. The van der Waals surface area contributed by atoms with Gasteiger partial charge in [-0.15, -0.1) is 10.2 Å². The zero-order valence-electron chi connectivity index (χ0n) is 13.4. The monoisotopic (exact) mass is 319 g/mol. The van der Waals surface area contributed by atoms with Crippen LogP contribution in [0.5, 0.6) is 5.75 Å². The zero-order valence-corrected chi connectivity index (χ0v) is 14.2. The minimum atomic E-state index is -0.224. The van der Waals surface area contributed by atoms with Gasteiger partial charge < -0.3 is 4.74 Å². The van der Waals surface area contributed by atoms with Crippen LogP contribution in [-0.2, 0) is 11.2 Å². The van der Waals surface area contributed by atoms with Crippen LogP contribution in [0, 0.1) is 20.8 Å². The smallest absolute Gasteiger partial charge is 0.264 e. The highest BCUT2D eigenvalue weighted by Crippen LogP contribution is 2.23. The summed E-state index contributed by atoms with van der Waals surface area (Å²) in [6.07, 6.45) is 1.89. The SMILES string of the molecule is CCCc1nnc(NC(=O)COc2cc(C)cc(C)c2C)s1. The van der Waals surface area contributed by atoms with E-state index in [1.807, 2.05) is 26.8 Å². The van der Waals surface area contributed by atoms with E-state index in [0.717, 1.165) is 40.3 Å². The highest BCUT2D eigenvalue weighted by molar-refractivity contribution is 7.15. The van der Waals surface area contributed by atoms with Gasteiger partial charge in [0, 0.05) is 6.42 Å². The molecule has 1 aromatic carbocycles. The van der Waals surface area contributed by atoms with Gasteiger partial charge in [0.15, 0.2) is 6.61 Å². The molecule has 0 aliphatic heterocycles. The number of amides is 1. The van der Waals surface area contributed by atoms with Gasteiger partial charge in [0.2, 0.25) is 5.13 Å². The van der Waals surface area contributed by atoms with Crippen LogP contribution >= 0.6 is 11.3 Å². The minimum Gasteiger partial charge on any atom is -0.483 e. The van der Waals surface area contributed by atoms with Crippen molar-refractivity contribution in [2.75, 3.05) is 11.9 Å². The molecule has 0 saturated heterocycles. The third kappa shape index (κ3) is 4.27. The topological polar surface area (TPSA) is 64.1 Å². The molecule has 2 rings (SSSR count). The summed E-state index contributed by atoms with van der Waals surface area (Å²) in [6, 6.07) is 4.04. The average molecular weight is 319 g/mol. The maximum Gasteiger partial charge on any atom is 0.264 e. The molecule has 0 unspecified atom stereocenters. The van der Waals surface area contributed by atoms with Crippen LogP contribution in [0.25, 0.3) is 0 Å². The highest BCUT2D eigenvalue weighted by Gasteiger charge is 2.10. The molecule has 0 radical (unpaired) electrons. The van der Waals surface area contributed by atoms with E-state index < -0.39 is 0 Å². The van der Waals surface area contributed by atoms with Crippen LogP contribution in [-0.4, -0.2) is 22.7 Å². The third-order valence-corrected chi connectivity index (χ3v) is 4.20. The molecule has 1 heterocycles. The van der Waals surface area contributed by atoms with Crippen molar-refractivity contribution >= 4 is 22.4 Å². The Hall–Kier alpha value is -1.95. The van der Waals surface area contributed by atoms with Crippen molar-refractivity contribution in [1.82, 2.24) is 10.2 Å². The van der Waals surface area contributed by atoms with Crippen molar-refractivity contribution in [3.8, 4) is 5.75 Å². The van der Waals surface area contributed by atoms with Crippen LogP contribution in [0.4, 0.5) is 5.13 Å². The first-order chi connectivity index (χ1) is 10.5. The first-order valence-electron chi connectivity index (χ1n) is 7.32. The molecule has 118 valence electrons. The quantitative estimate of drug-likeness (QED) is 0.886. The van der Waals surface area contributed by atoms with Crippen LogP contribution in [0.2, 0.25) is 0 Å². The molecule has 1 N–H and O–H groups in total. The standard InChI is InChI=1S/C16H21N3O2S/c1-5-6-15-18-19-16(22-15)17-14(20)9-21-13-8-10(2)7-11(3)12(13)4/h7-8H,5-6,9H2,1-4H3,(H,17,19,20). The Bertz CT molecular complexity index is 667. The fraction of sp³-hybridized carbons (Fsp3) is 0.438. The summed E-state index contributed by atoms with van der Waals surface area (Å²) in [4.78, 5) is 11.9. The van der Waals surface area contributed by atoms with E-state index in [9.17, 15) is 4.79 Å². The van der Waals surface area contributed by atoms with Crippen molar-refractivity contribution in [2.45, 2.75) is 40.5 Å². The number of nitrogens with one attached hydrogen (secondary N) is 1. The largest absolute Gasteiger partial charge is 0.483 e. The number of nitrogens with zero attached hydrogens (tertiary/aromatic N) is 2. The summed E-state index contributed by atoms with van der Waals surface area (Å²) in [5.74, 6) is 0.523. The van der Waals surface area contributed by atoms with Gasteiger partial charge in [-0.1, -0.05) is 24.3 Å². The number of carbonyl (C=O) groups is 1. The number of aromatic nitrogens is 2. The lowest BCUT2D eigenvalue weighted by molar-refractivity contribution is -0.118. The molecule has 0 spiro atoms. The van der Waals surface area contributed by atoms with Gasteiger partial charge in [0.1, 0.15) is 10.8 Å². The van der Waals surface area contributed by atoms with Gasteiger partial charge >= 0.3 is 0 Å². The maximum absolute atomic E-state index is 11.9. The second-order valence-corrected chi connectivity index (χ2v) is 6.35. The lowest BCUT2D eigenvalue weighted by atomic mass is 10.1. The van der Waals surface area contributed by atoms with Gasteiger partial charge in [-0.25, -0.2) is 0 Å². The summed E-state index contributed by atoms with van der Waals surface area (Å²) in [5, 5.41) is 12.2. The number of benzene rings is 1. The lowest BCUT2D eigenvalue weighted by Crippen LogP contribution is -2.20. The van der Waals surface area contributed by atoms with E-state index in [2.05, 4.69) is 28.5 Å². The fourth-order valence-corrected chi connectivity index (χ4v) is 2.93. The first kappa shape index (κ1) is 16.4. The molecule has 0 bridgehead atoms. The molecular weight excluding hydrogens is 298 g/mol. The number of anilines is 1. The summed E-state index contributed by atoms with van der Waals surface area (Å²) in [7, 11) is 0. The zero-order chi connectivity index (χ0) is 16.1. The van der Waals surface area contributed by atoms with E-state index in [1.165, 1.54) is 11.3 Å². The van der Waals surface area contributed by atoms with Crippen molar-refractivity contribution in [3.05, 3.63) is 33.8 Å². The summed E-state index contributed by atoms with van der Waals surface area (Å²) >= 11 is 1.41. The summed E-state index contributed by atoms with van der Waals surface area (Å²) < 4.78 is 5.63. The second-order valence-electron chi connectivity index (χ2n) is 5.29. The predicted octanol–water partition coefficient (Wildman–Crippen LogP) is 3.43. The number of rotatable bonds is 6. The Labute approximate surface area is 134 Å². The van der Waals surface area contributed by atoms with Crippen LogP contribution < -0.4 is 10.1 Å². The molecule has 0 aliphatic carbocycles. The number of ether oxygens (including phenoxy) is 1. The molecule has 0 saturated carbocycles. The molecule has 6 heteroatoms. The Morgan fingerprint density at radius 3 is 2.77 bits per heavy atom. The molecule has 0 atom stereocenters. The van der Waals surface area contributed by atoms with E-state index in [1.54, 1.807) is 0 Å². The Balaban J connectivity index is 1.92. The molecule has 0 fully saturated rings. The normalized spacial score (nSPS) is 10.5. The van der Waals surface area contributed by atoms with Gasteiger partial charge in [-0.2, -0.15) is 0 Å². The molecule has 0 aliphatic rings. The molecular formula is C16H21N3O2S. The molecule has 1 amide bonds. The van der Waals surface area contributed by atoms with Gasteiger partial charge in [-0.05, 0) is 49.9 Å². The van der Waals surface area contributed by atoms with Crippen LogP contribution in [0.1, 0.15) is 35.0 Å². The Morgan fingerprint density at radius 2 is 2.05 bits per heavy atom. The van der Waals surface area contributed by atoms with Gasteiger partial charge in [-0.3, -0.25) is 10.1 Å². The fourth-order valence-electron chi connectivity index (χ4n) is 2.07. The highest BCUT2D eigenvalue weighted by atomic mass is 32.1. The Morgan fingerprint density at radius 1 is 1.27 bits per heavy atom. The van der Waals surface area contributed by atoms with Gasteiger partial charge in [0.25, 0.3) is 5.91 Å². The number of hydrogen-bond donors (Lipinski definition) is 1. The van der Waals surface area contributed by atoms with E-state index in [-0.39, 0.29) is 12.5 Å². The number of aryl methyl sites for hydroxylation is 3. The number of carbonyl (C=O) groups excluding carboxylic acids is 1. The Kier molecular flexibility index (Phi) is 5.49. The lowest BCUT2D eigenvalue weighted by Gasteiger charge is -2.11. The molecule has 22 heavy (non-hydrogen) atoms. The molecule has 5 nitrogen and oxygen atoms in total. The van der Waals surface area contributed by atoms with Crippen LogP contribution in [0.3, 0.4) is 0 Å². The molecule has 1 aromatic heterocycles. The number of hydrogen-bond acceptors (Lipinski definition) is 5. The first-order valence-corrected chi connectivity index (χ1v) is 8.14. The van der Waals surface area contributed by atoms with Crippen LogP contribution in [0.15, 0.2) is 12.1 Å². The maximum atomic E-state index is 11.9. The van der Waals surface area contributed by atoms with E-state index >= 15 is 0 Å². The minimum absolute atomic E-state index is 0.0353. The third-order valence-electron chi connectivity index (χ3n) is 3.30. The van der Waals surface area contributed by atoms with Crippen molar-refractivity contribution in [3.63, 3.8) is 0 Å². The van der Waals surface area contributed by atoms with Crippen molar-refractivity contribution in [1.29, 1.82) is 0 Å². The van der Waals surface area contributed by atoms with E-state index in [0.29, 0.717) is 5.13 Å². The van der Waals surface area contributed by atoms with Crippen molar-refractivity contribution in [2.24, 2.45) is 0 Å². The van der Waals surface area contributed by atoms with Gasteiger partial charge in [0.05, 0.1) is 0 Å². The average Bonchev–Trinajstić information content (AvgIpc) is 2.89. The summed E-state index contributed by atoms with van der Waals surface area (Å²) in [6.45, 7) is 8.08. The second kappa shape index (κ2) is 7.35. The van der Waals surface area contributed by atoms with E-state index in [4.69, 9.17) is 4.74 Å². The summed E-state index contributed by atoms with van der Waals surface area (Å²) in [5.41, 5.74) is 3.33. The van der Waals surface area contributed by atoms with Crippen molar-refractivity contribution < 1.29 is 9.53 Å². The predicted molar refractivity (Wildman–Crippen MR) is 88.7 cm³/mol.